The fourth-order valence-corrected chi connectivity index (χ4v) is 2.22. The van der Waals surface area contributed by atoms with Crippen LogP contribution in [0.1, 0.15) is 20.4 Å². The van der Waals surface area contributed by atoms with Crippen molar-refractivity contribution in [1.82, 2.24) is 0 Å². The molecule has 2 aromatic carbocycles. The molecular formula is C14H12Br2. The zero-order chi connectivity index (χ0) is 11.4. The lowest BCUT2D eigenvalue weighted by Crippen LogP contribution is -1.88. The van der Waals surface area contributed by atoms with Crippen LogP contribution in [0.2, 0.25) is 0 Å². The maximum absolute atomic E-state index is 3.49. The van der Waals surface area contributed by atoms with E-state index in [1.165, 1.54) is 16.7 Å². The highest BCUT2D eigenvalue weighted by Gasteiger charge is 2.02. The molecule has 0 unspecified atom stereocenters. The Morgan fingerprint density at radius 3 is 1.88 bits per heavy atom. The van der Waals surface area contributed by atoms with Crippen molar-refractivity contribution in [2.45, 2.75) is 10.2 Å². The highest BCUT2D eigenvalue weighted by atomic mass is 79.9. The molecule has 0 heterocycles. The Bertz CT molecular complexity index is 432. The van der Waals surface area contributed by atoms with E-state index < -0.39 is 0 Å². The van der Waals surface area contributed by atoms with Crippen molar-refractivity contribution in [3.8, 4) is 0 Å². The molecule has 0 N–H and O–H groups in total. The summed E-state index contributed by atoms with van der Waals surface area (Å²) in [6.07, 6.45) is 0.996. The standard InChI is InChI=1S/C14H12Br2/c15-14(16)13-8-6-12(7-9-13)10-11-4-2-1-3-5-11/h1-9,14H,10H2. The minimum absolute atomic E-state index is 0.241. The Labute approximate surface area is 113 Å². The predicted molar refractivity (Wildman–Crippen MR) is 76.3 cm³/mol. The fraction of sp³-hybridized carbons (Fsp3) is 0.143. The summed E-state index contributed by atoms with van der Waals surface area (Å²) in [7, 11) is 0. The van der Waals surface area contributed by atoms with Gasteiger partial charge < -0.3 is 0 Å². The lowest BCUT2D eigenvalue weighted by molar-refractivity contribution is 1.18. The zero-order valence-corrected chi connectivity index (χ0v) is 11.9. The second kappa shape index (κ2) is 5.65. The SMILES string of the molecule is BrC(Br)c1ccc(Cc2ccccc2)cc1. The van der Waals surface area contributed by atoms with Crippen LogP contribution < -0.4 is 0 Å². The van der Waals surface area contributed by atoms with Crippen molar-refractivity contribution < 1.29 is 0 Å². The molecule has 2 aromatic rings. The number of hydrogen-bond donors (Lipinski definition) is 0. The molecule has 16 heavy (non-hydrogen) atoms. The van der Waals surface area contributed by atoms with Gasteiger partial charge in [0, 0.05) is 0 Å². The molecule has 0 aliphatic heterocycles. The van der Waals surface area contributed by atoms with Gasteiger partial charge in [-0.25, -0.2) is 0 Å². The summed E-state index contributed by atoms with van der Waals surface area (Å²) >= 11 is 6.98. The van der Waals surface area contributed by atoms with Gasteiger partial charge in [-0.05, 0) is 23.1 Å². The van der Waals surface area contributed by atoms with Crippen LogP contribution in [0.15, 0.2) is 54.6 Å². The largest absolute Gasteiger partial charge is 0.0946 e. The van der Waals surface area contributed by atoms with E-state index in [0.29, 0.717) is 0 Å². The van der Waals surface area contributed by atoms with Gasteiger partial charge in [0.25, 0.3) is 0 Å². The summed E-state index contributed by atoms with van der Waals surface area (Å²) in [5, 5.41) is 0. The molecule has 0 saturated carbocycles. The highest BCUT2D eigenvalue weighted by Crippen LogP contribution is 2.29. The minimum atomic E-state index is 0.241. The molecule has 82 valence electrons. The van der Waals surface area contributed by atoms with E-state index in [4.69, 9.17) is 0 Å². The lowest BCUT2D eigenvalue weighted by atomic mass is 10.0. The Morgan fingerprint density at radius 1 is 0.750 bits per heavy atom. The van der Waals surface area contributed by atoms with Crippen molar-refractivity contribution in [3.63, 3.8) is 0 Å². The lowest BCUT2D eigenvalue weighted by Gasteiger charge is -2.05. The molecular weight excluding hydrogens is 328 g/mol. The smallest absolute Gasteiger partial charge is 0.0712 e. The monoisotopic (exact) mass is 338 g/mol. The van der Waals surface area contributed by atoms with Gasteiger partial charge in [-0.15, -0.1) is 0 Å². The number of benzene rings is 2. The van der Waals surface area contributed by atoms with E-state index in [0.717, 1.165) is 6.42 Å². The van der Waals surface area contributed by atoms with Gasteiger partial charge in [0.05, 0.1) is 3.74 Å². The van der Waals surface area contributed by atoms with Crippen molar-refractivity contribution in [1.29, 1.82) is 0 Å². The Kier molecular flexibility index (Phi) is 4.19. The Balaban J connectivity index is 2.11. The quantitative estimate of drug-likeness (QED) is 0.685. The molecule has 2 rings (SSSR count). The van der Waals surface area contributed by atoms with Gasteiger partial charge in [0.1, 0.15) is 0 Å². The maximum atomic E-state index is 3.49. The summed E-state index contributed by atoms with van der Waals surface area (Å²) in [6, 6.07) is 19.2. The molecule has 0 aliphatic rings. The van der Waals surface area contributed by atoms with Crippen molar-refractivity contribution in [2.75, 3.05) is 0 Å². The van der Waals surface area contributed by atoms with Crippen molar-refractivity contribution in [2.24, 2.45) is 0 Å². The third kappa shape index (κ3) is 3.19. The topological polar surface area (TPSA) is 0 Å². The Morgan fingerprint density at radius 2 is 1.31 bits per heavy atom. The van der Waals surface area contributed by atoms with Crippen LogP contribution in [0.25, 0.3) is 0 Å². The van der Waals surface area contributed by atoms with Crippen LogP contribution >= 0.6 is 31.9 Å². The molecule has 0 nitrogen and oxygen atoms in total. The molecule has 0 radical (unpaired) electrons. The van der Waals surface area contributed by atoms with Gasteiger partial charge in [-0.1, -0.05) is 86.5 Å². The Hall–Kier alpha value is -0.600. The van der Waals surface area contributed by atoms with Crippen molar-refractivity contribution >= 4 is 31.9 Å². The minimum Gasteiger partial charge on any atom is -0.0712 e. The molecule has 0 bridgehead atoms. The van der Waals surface area contributed by atoms with Gasteiger partial charge in [0.15, 0.2) is 0 Å². The van der Waals surface area contributed by atoms with E-state index in [-0.39, 0.29) is 3.74 Å². The number of alkyl halides is 2. The highest BCUT2D eigenvalue weighted by molar-refractivity contribution is 9.24. The second-order valence-corrected chi connectivity index (χ2v) is 6.76. The van der Waals surface area contributed by atoms with E-state index in [1.807, 2.05) is 6.07 Å². The maximum Gasteiger partial charge on any atom is 0.0946 e. The first-order chi connectivity index (χ1) is 7.75. The van der Waals surface area contributed by atoms with Gasteiger partial charge in [-0.2, -0.15) is 0 Å². The van der Waals surface area contributed by atoms with Gasteiger partial charge in [-0.3, -0.25) is 0 Å². The molecule has 0 atom stereocenters. The summed E-state index contributed by atoms with van der Waals surface area (Å²) in [4.78, 5) is 0. The summed E-state index contributed by atoms with van der Waals surface area (Å²) in [6.45, 7) is 0. The third-order valence-corrected chi connectivity index (χ3v) is 3.54. The van der Waals surface area contributed by atoms with Crippen LogP contribution in [0.3, 0.4) is 0 Å². The van der Waals surface area contributed by atoms with Crippen LogP contribution in [0, 0.1) is 0 Å². The summed E-state index contributed by atoms with van der Waals surface area (Å²) in [5.41, 5.74) is 3.94. The van der Waals surface area contributed by atoms with E-state index in [2.05, 4.69) is 80.4 Å². The second-order valence-electron chi connectivity index (χ2n) is 3.70. The normalized spacial score (nSPS) is 10.7. The average Bonchev–Trinajstić information content (AvgIpc) is 2.31. The van der Waals surface area contributed by atoms with Crippen molar-refractivity contribution in [3.05, 3.63) is 71.3 Å². The van der Waals surface area contributed by atoms with Gasteiger partial charge >= 0.3 is 0 Å². The van der Waals surface area contributed by atoms with E-state index in [1.54, 1.807) is 0 Å². The predicted octanol–water partition coefficient (Wildman–Crippen LogP) is 5.07. The summed E-state index contributed by atoms with van der Waals surface area (Å²) < 4.78 is 0.241. The van der Waals surface area contributed by atoms with Gasteiger partial charge in [0.2, 0.25) is 0 Å². The third-order valence-electron chi connectivity index (χ3n) is 2.48. The molecule has 0 spiro atoms. The fourth-order valence-electron chi connectivity index (χ4n) is 1.61. The first-order valence-electron chi connectivity index (χ1n) is 5.16. The molecule has 0 saturated heterocycles. The molecule has 0 aliphatic carbocycles. The van der Waals surface area contributed by atoms with Crippen LogP contribution in [0.5, 0.6) is 0 Å². The number of hydrogen-bond acceptors (Lipinski definition) is 0. The van der Waals surface area contributed by atoms with Crippen LogP contribution in [-0.2, 0) is 6.42 Å². The number of rotatable bonds is 3. The first-order valence-corrected chi connectivity index (χ1v) is 7.00. The molecule has 0 fully saturated rings. The first kappa shape index (κ1) is 11.9. The molecule has 0 aromatic heterocycles. The zero-order valence-electron chi connectivity index (χ0n) is 8.74. The van der Waals surface area contributed by atoms with Crippen LogP contribution in [-0.4, -0.2) is 0 Å². The van der Waals surface area contributed by atoms with Crippen LogP contribution in [0.4, 0.5) is 0 Å². The number of halogens is 2. The molecule has 2 heteroatoms. The summed E-state index contributed by atoms with van der Waals surface area (Å²) in [5.74, 6) is 0. The average molecular weight is 340 g/mol. The van der Waals surface area contributed by atoms with E-state index in [9.17, 15) is 0 Å². The van der Waals surface area contributed by atoms with E-state index >= 15 is 0 Å². The molecule has 0 amide bonds.